The van der Waals surface area contributed by atoms with Crippen molar-refractivity contribution in [1.82, 2.24) is 30.4 Å². The van der Waals surface area contributed by atoms with Gasteiger partial charge in [0.2, 0.25) is 11.8 Å². The molecule has 0 radical (unpaired) electrons. The van der Waals surface area contributed by atoms with E-state index in [2.05, 4.69) is 39.3 Å². The minimum absolute atomic E-state index is 0.00158. The van der Waals surface area contributed by atoms with Gasteiger partial charge < -0.3 is 49.3 Å². The van der Waals surface area contributed by atoms with Crippen LogP contribution >= 0.6 is 11.6 Å². The molecule has 8 rings (SSSR count). The maximum absolute atomic E-state index is 14.8. The number of carboxylic acid groups (broad SMARTS) is 1. The lowest BCUT2D eigenvalue weighted by Crippen LogP contribution is -2.59. The van der Waals surface area contributed by atoms with Gasteiger partial charge in [0.05, 0.1) is 31.0 Å². The molecule has 0 spiro atoms. The summed E-state index contributed by atoms with van der Waals surface area (Å²) in [5.74, 6) is -0.347. The van der Waals surface area contributed by atoms with E-state index in [9.17, 15) is 24.3 Å². The number of fused-ring (bicyclic) bond motifs is 2. The van der Waals surface area contributed by atoms with E-state index in [1.807, 2.05) is 34.6 Å². The highest BCUT2D eigenvalue weighted by atomic mass is 35.5. The van der Waals surface area contributed by atoms with Gasteiger partial charge in [-0.1, -0.05) is 45.4 Å². The van der Waals surface area contributed by atoms with Crippen LogP contribution in [0.1, 0.15) is 67.2 Å². The van der Waals surface area contributed by atoms with Crippen molar-refractivity contribution in [2.24, 2.45) is 29.1 Å². The second-order valence-electron chi connectivity index (χ2n) is 19.3. The second kappa shape index (κ2) is 18.0. The number of pyridine rings is 1. The number of morpholine rings is 1. The molecule has 346 valence electrons. The van der Waals surface area contributed by atoms with Gasteiger partial charge in [-0.2, -0.15) is 4.98 Å². The Kier molecular flexibility index (Phi) is 12.8. The van der Waals surface area contributed by atoms with Gasteiger partial charge in [-0.25, -0.2) is 14.6 Å². The summed E-state index contributed by atoms with van der Waals surface area (Å²) in [6.45, 7) is 19.3. The number of aliphatic carboxylic acids is 1. The van der Waals surface area contributed by atoms with Crippen LogP contribution in [0.25, 0.3) is 22.3 Å². The molecule has 4 heterocycles. The molecule has 18 heteroatoms. The number of halogens is 1. The molecular formula is C46H60ClN7O10. The summed E-state index contributed by atoms with van der Waals surface area (Å²) in [5, 5.41) is 19.7. The number of alkyl carbamates (subject to hydrolysis) is 1. The Bertz CT molecular complexity index is 2260. The molecule has 5 fully saturated rings. The molecule has 3 amide bonds. The van der Waals surface area contributed by atoms with Crippen LogP contribution in [0.3, 0.4) is 0 Å². The number of nitrogens with one attached hydrogen (secondary N) is 3. The van der Waals surface area contributed by atoms with Crippen molar-refractivity contribution >= 4 is 52.4 Å². The lowest BCUT2D eigenvalue weighted by molar-refractivity contribution is -0.146. The van der Waals surface area contributed by atoms with E-state index in [-0.39, 0.29) is 36.6 Å². The highest BCUT2D eigenvalue weighted by Crippen LogP contribution is 2.57. The van der Waals surface area contributed by atoms with Crippen molar-refractivity contribution in [3.63, 3.8) is 0 Å². The smallest absolute Gasteiger partial charge is 0.408 e. The highest BCUT2D eigenvalue weighted by molar-refractivity contribution is 6.36. The summed E-state index contributed by atoms with van der Waals surface area (Å²) < 4.78 is 30.0. The van der Waals surface area contributed by atoms with E-state index in [0.29, 0.717) is 83.9 Å². The van der Waals surface area contributed by atoms with Crippen molar-refractivity contribution in [3.8, 4) is 22.9 Å². The molecule has 9 atom stereocenters. The average molecular weight is 906 g/mol. The first-order valence-electron chi connectivity index (χ1n) is 22.4. The van der Waals surface area contributed by atoms with E-state index < -0.39 is 58.9 Å². The monoisotopic (exact) mass is 905 g/mol. The number of benzene rings is 1. The van der Waals surface area contributed by atoms with E-state index >= 15 is 0 Å². The van der Waals surface area contributed by atoms with Crippen LogP contribution in [0.4, 0.5) is 10.8 Å². The van der Waals surface area contributed by atoms with E-state index in [4.69, 9.17) is 39.9 Å². The molecule has 2 aromatic heterocycles. The summed E-state index contributed by atoms with van der Waals surface area (Å²) >= 11 is 7.08. The molecule has 3 aliphatic carbocycles. The van der Waals surface area contributed by atoms with Gasteiger partial charge >= 0.3 is 12.1 Å². The van der Waals surface area contributed by atoms with E-state index in [1.165, 1.54) is 17.2 Å². The summed E-state index contributed by atoms with van der Waals surface area (Å²) in [6.07, 6.45) is 3.03. The van der Waals surface area contributed by atoms with Crippen LogP contribution in [-0.4, -0.2) is 131 Å². The van der Waals surface area contributed by atoms with Crippen LogP contribution in [0.2, 0.25) is 5.02 Å². The van der Waals surface area contributed by atoms with Gasteiger partial charge in [0.1, 0.15) is 64.9 Å². The van der Waals surface area contributed by atoms with Gasteiger partial charge in [0, 0.05) is 49.5 Å². The molecule has 64 heavy (non-hydrogen) atoms. The van der Waals surface area contributed by atoms with Gasteiger partial charge in [0.15, 0.2) is 0 Å². The molecule has 1 unspecified atom stereocenters. The summed E-state index contributed by atoms with van der Waals surface area (Å²) in [5.41, 5.74) is -1.21. The van der Waals surface area contributed by atoms with Crippen molar-refractivity contribution < 1.29 is 47.6 Å². The molecule has 5 aliphatic rings. The summed E-state index contributed by atoms with van der Waals surface area (Å²) in [4.78, 5) is 68.2. The maximum atomic E-state index is 14.8. The molecule has 3 saturated carbocycles. The van der Waals surface area contributed by atoms with Crippen molar-refractivity contribution in [2.75, 3.05) is 51.3 Å². The third-order valence-electron chi connectivity index (χ3n) is 13.4. The van der Waals surface area contributed by atoms with Gasteiger partial charge in [-0.05, 0) is 68.4 Å². The normalized spacial score (nSPS) is 28.0. The number of amides is 3. The summed E-state index contributed by atoms with van der Waals surface area (Å²) in [6, 6.07) is 3.34. The number of carboxylic acids is 1. The van der Waals surface area contributed by atoms with Crippen molar-refractivity contribution in [2.45, 2.75) is 103 Å². The fourth-order valence-electron chi connectivity index (χ4n) is 9.57. The van der Waals surface area contributed by atoms with Crippen molar-refractivity contribution in [1.29, 1.82) is 0 Å². The number of hydrogen-bond acceptors (Lipinski definition) is 13. The first kappa shape index (κ1) is 45.4. The summed E-state index contributed by atoms with van der Waals surface area (Å²) in [7, 11) is 0. The molecule has 3 aromatic rings. The first-order chi connectivity index (χ1) is 30.4. The molecule has 17 nitrogen and oxygen atoms in total. The quantitative estimate of drug-likeness (QED) is 0.126. The zero-order valence-electron chi connectivity index (χ0n) is 37.4. The molecule has 0 bridgehead atoms. The number of carbonyl (C=O) groups excluding carboxylic acids is 3. The fraction of sp³-hybridized carbons (Fsp3) is 0.609. The molecule has 4 N–H and O–H groups in total. The van der Waals surface area contributed by atoms with Crippen molar-refractivity contribution in [3.05, 3.63) is 42.1 Å². The number of carbonyl (C=O) groups is 4. The number of nitrogens with zero attached hydrogens (tertiary/aromatic N) is 4. The molecular weight excluding hydrogens is 846 g/mol. The van der Waals surface area contributed by atoms with Crippen LogP contribution in [0, 0.1) is 29.1 Å². The Balaban J connectivity index is 1.09. The lowest BCUT2D eigenvalue weighted by atomic mass is 9.85. The first-order valence-corrected chi connectivity index (χ1v) is 22.7. The minimum atomic E-state index is -1.55. The number of anilines is 1. The van der Waals surface area contributed by atoms with Crippen LogP contribution < -0.4 is 25.4 Å². The number of ether oxygens (including phenoxy) is 4. The Morgan fingerprint density at radius 2 is 1.80 bits per heavy atom. The number of hydrogen-bond donors (Lipinski definition) is 4. The maximum Gasteiger partial charge on any atom is 0.408 e. The fourth-order valence-corrected chi connectivity index (χ4v) is 9.83. The molecule has 2 aliphatic heterocycles. The minimum Gasteiger partial charge on any atom is -0.491 e. The second-order valence-corrected chi connectivity index (χ2v) is 19.7. The predicted octanol–water partition coefficient (Wildman–Crippen LogP) is 5.75. The van der Waals surface area contributed by atoms with Crippen LogP contribution in [0.15, 0.2) is 41.5 Å². The highest BCUT2D eigenvalue weighted by Gasteiger charge is 2.61. The zero-order valence-corrected chi connectivity index (χ0v) is 38.1. The van der Waals surface area contributed by atoms with Gasteiger partial charge in [-0.3, -0.25) is 14.5 Å². The van der Waals surface area contributed by atoms with E-state index in [0.717, 1.165) is 25.9 Å². The molecule has 2 saturated heterocycles. The third kappa shape index (κ3) is 9.48. The largest absolute Gasteiger partial charge is 0.491 e. The predicted molar refractivity (Wildman–Crippen MR) is 237 cm³/mol. The SMILES string of the molecule is C=C[C@@H]1C[C@]1(NC(=O)[C@@H]1CC(Oc2cc(-c3coc(NC(C)C)n3)nc3c(Cl)c(OCCN4CCOCC4)ccc23)CN1C(=O)[C@@H](NC(=O)O[C@@H]1C[C@@H]2[C@H](C)[C@@H]2C1)C(C)(C)C)C(=O)O. The Morgan fingerprint density at radius 3 is 2.45 bits per heavy atom. The Morgan fingerprint density at radius 1 is 1.06 bits per heavy atom. The topological polar surface area (TPSA) is 207 Å². The number of oxazole rings is 1. The van der Waals surface area contributed by atoms with Gasteiger partial charge in [-0.15, -0.1) is 6.58 Å². The standard InChI is InChI=1S/C46H60ClN7O10/c1-8-26-21-46(26,42(57)58)52-40(55)34-19-28(22-54(34)41(56)39(45(5,6)7)51-44(59)64-27-17-30-25(4)31(30)18-27)63-36-20-32(33-23-62-43(50-33)48-24(2)3)49-38-29(36)9-10-35(37(38)47)61-16-13-53-11-14-60-15-12-53/h8-10,20,23-28,30-31,34,39H,1,11-19,21-22H2,2-7H3,(H,48,50)(H,51,59)(H,52,55)(H,57,58)/t25-,26-,27+,28?,30+,31-,34+,39-,46-/m1/s1. The zero-order chi connectivity index (χ0) is 45.7. The third-order valence-corrected chi connectivity index (χ3v) is 13.8. The van der Waals surface area contributed by atoms with Crippen LogP contribution in [-0.2, 0) is 23.9 Å². The number of aromatic nitrogens is 2. The Labute approximate surface area is 377 Å². The van der Waals surface area contributed by atoms with Gasteiger partial charge in [0.25, 0.3) is 6.01 Å². The van der Waals surface area contributed by atoms with E-state index in [1.54, 1.807) is 18.2 Å². The average Bonchev–Trinajstić information content (AvgIpc) is 3.73. The Hall–Kier alpha value is -5.13. The number of rotatable bonds is 16. The molecule has 1 aromatic carbocycles. The number of likely N-dealkylation sites (tertiary alicyclic amines) is 1. The lowest BCUT2D eigenvalue weighted by Gasteiger charge is -2.35. The van der Waals surface area contributed by atoms with Crippen LogP contribution in [0.5, 0.6) is 11.5 Å².